The second-order valence-electron chi connectivity index (χ2n) is 5.75. The number of aliphatic carboxylic acids is 1. The molecule has 0 aliphatic heterocycles. The molecule has 2 rings (SSSR count). The van der Waals surface area contributed by atoms with Crippen LogP contribution in [0.3, 0.4) is 0 Å². The number of carboxylic acids is 1. The Balaban J connectivity index is 1.89. The van der Waals surface area contributed by atoms with Crippen LogP contribution in [0.1, 0.15) is 56.4 Å². The lowest BCUT2D eigenvalue weighted by Gasteiger charge is -2.27. The number of hydrogen-bond donors (Lipinski definition) is 2. The van der Waals surface area contributed by atoms with Crippen LogP contribution >= 0.6 is 11.3 Å². The van der Waals surface area contributed by atoms with E-state index in [1.165, 1.54) is 4.88 Å². The molecule has 0 aromatic carbocycles. The van der Waals surface area contributed by atoms with Crippen molar-refractivity contribution < 1.29 is 14.7 Å². The summed E-state index contributed by atoms with van der Waals surface area (Å²) in [4.78, 5) is 24.5. The van der Waals surface area contributed by atoms with E-state index in [1.807, 2.05) is 11.4 Å². The second-order valence-corrected chi connectivity index (χ2v) is 6.73. The maximum Gasteiger partial charge on any atom is 0.306 e. The minimum Gasteiger partial charge on any atom is -0.481 e. The molecule has 2 N–H and O–H groups in total. The lowest BCUT2D eigenvalue weighted by atomic mass is 9.81. The van der Waals surface area contributed by atoms with Gasteiger partial charge in [0.05, 0.1) is 12.0 Å². The van der Waals surface area contributed by atoms with Gasteiger partial charge in [0.25, 0.3) is 0 Å². The van der Waals surface area contributed by atoms with E-state index < -0.39 is 5.97 Å². The number of carbonyl (C=O) groups is 2. The summed E-state index contributed by atoms with van der Waals surface area (Å²) < 4.78 is 0. The molecule has 1 unspecified atom stereocenters. The van der Waals surface area contributed by atoms with Gasteiger partial charge in [-0.2, -0.15) is 0 Å². The first-order chi connectivity index (χ1) is 10.1. The molecule has 1 aromatic heterocycles. The quantitative estimate of drug-likeness (QED) is 0.844. The molecular formula is C16H23NO3S. The molecule has 0 spiro atoms. The van der Waals surface area contributed by atoms with Crippen LogP contribution in [-0.2, 0) is 9.59 Å². The van der Waals surface area contributed by atoms with Crippen molar-refractivity contribution in [1.29, 1.82) is 0 Å². The van der Waals surface area contributed by atoms with Crippen LogP contribution in [0.15, 0.2) is 17.5 Å². The number of amides is 1. The van der Waals surface area contributed by atoms with Gasteiger partial charge in [0.2, 0.25) is 5.91 Å². The van der Waals surface area contributed by atoms with Gasteiger partial charge in [0.15, 0.2) is 0 Å². The zero-order valence-corrected chi connectivity index (χ0v) is 13.2. The van der Waals surface area contributed by atoms with Gasteiger partial charge >= 0.3 is 5.97 Å². The number of hydrogen-bond acceptors (Lipinski definition) is 3. The molecule has 0 saturated heterocycles. The van der Waals surface area contributed by atoms with Crippen LogP contribution in [0.4, 0.5) is 0 Å². The summed E-state index contributed by atoms with van der Waals surface area (Å²) in [6.07, 6.45) is 4.57. The maximum absolute atomic E-state index is 12.4. The van der Waals surface area contributed by atoms with Crippen molar-refractivity contribution in [1.82, 2.24) is 5.32 Å². The number of thiophene rings is 1. The van der Waals surface area contributed by atoms with Gasteiger partial charge in [0.1, 0.15) is 0 Å². The van der Waals surface area contributed by atoms with E-state index in [9.17, 15) is 9.59 Å². The topological polar surface area (TPSA) is 66.4 Å². The van der Waals surface area contributed by atoms with Gasteiger partial charge in [-0.1, -0.05) is 19.4 Å². The van der Waals surface area contributed by atoms with Crippen LogP contribution < -0.4 is 5.32 Å². The molecular weight excluding hydrogens is 286 g/mol. The van der Waals surface area contributed by atoms with Crippen molar-refractivity contribution in [3.8, 4) is 0 Å². The molecule has 1 aromatic rings. The Morgan fingerprint density at radius 3 is 2.52 bits per heavy atom. The van der Waals surface area contributed by atoms with Gasteiger partial charge in [-0.15, -0.1) is 11.3 Å². The SMILES string of the molecule is CCCC(NC(=O)C1CCC(C(=O)O)CC1)c1cccs1. The lowest BCUT2D eigenvalue weighted by molar-refractivity contribution is -0.144. The highest BCUT2D eigenvalue weighted by atomic mass is 32.1. The Hall–Kier alpha value is -1.36. The zero-order chi connectivity index (χ0) is 15.2. The summed E-state index contributed by atoms with van der Waals surface area (Å²) in [7, 11) is 0. The fourth-order valence-electron chi connectivity index (χ4n) is 2.96. The predicted molar refractivity (Wildman–Crippen MR) is 83.2 cm³/mol. The summed E-state index contributed by atoms with van der Waals surface area (Å²) in [5.41, 5.74) is 0. The van der Waals surface area contributed by atoms with Crippen LogP contribution in [0, 0.1) is 11.8 Å². The van der Waals surface area contributed by atoms with Crippen molar-refractivity contribution >= 4 is 23.2 Å². The van der Waals surface area contributed by atoms with Crippen molar-refractivity contribution in [2.75, 3.05) is 0 Å². The van der Waals surface area contributed by atoms with E-state index in [0.717, 1.165) is 12.8 Å². The van der Waals surface area contributed by atoms with Gasteiger partial charge in [-0.05, 0) is 43.6 Å². The monoisotopic (exact) mass is 309 g/mol. The third-order valence-electron chi connectivity index (χ3n) is 4.23. The Morgan fingerprint density at radius 2 is 2.00 bits per heavy atom. The first-order valence-corrected chi connectivity index (χ1v) is 8.56. The molecule has 1 heterocycles. The van der Waals surface area contributed by atoms with E-state index in [4.69, 9.17) is 5.11 Å². The molecule has 1 atom stereocenters. The molecule has 0 bridgehead atoms. The zero-order valence-electron chi connectivity index (χ0n) is 12.4. The molecule has 21 heavy (non-hydrogen) atoms. The Kier molecular flexibility index (Phi) is 5.79. The summed E-state index contributed by atoms with van der Waals surface area (Å²) in [6.45, 7) is 2.12. The molecule has 1 amide bonds. The van der Waals surface area contributed by atoms with Gasteiger partial charge in [0, 0.05) is 10.8 Å². The summed E-state index contributed by atoms with van der Waals surface area (Å²) >= 11 is 1.67. The summed E-state index contributed by atoms with van der Waals surface area (Å²) in [5.74, 6) is -0.931. The van der Waals surface area contributed by atoms with E-state index in [2.05, 4.69) is 18.3 Å². The number of rotatable bonds is 6. The van der Waals surface area contributed by atoms with Gasteiger partial charge in [-0.3, -0.25) is 9.59 Å². The standard InChI is InChI=1S/C16H23NO3S/c1-2-4-13(14-5-3-10-21-14)17-15(18)11-6-8-12(9-7-11)16(19)20/h3,5,10-13H,2,4,6-9H2,1H3,(H,17,18)(H,19,20). The first-order valence-electron chi connectivity index (χ1n) is 7.68. The van der Waals surface area contributed by atoms with Crippen molar-refractivity contribution in [3.05, 3.63) is 22.4 Å². The largest absolute Gasteiger partial charge is 0.481 e. The lowest BCUT2D eigenvalue weighted by Crippen LogP contribution is -2.36. The van der Waals surface area contributed by atoms with E-state index in [1.54, 1.807) is 11.3 Å². The molecule has 1 aliphatic rings. The highest BCUT2D eigenvalue weighted by Crippen LogP contribution is 2.30. The molecule has 116 valence electrons. The summed E-state index contributed by atoms with van der Waals surface area (Å²) in [5, 5.41) is 14.2. The number of nitrogens with one attached hydrogen (secondary N) is 1. The molecule has 0 radical (unpaired) electrons. The van der Waals surface area contributed by atoms with Crippen molar-refractivity contribution in [2.24, 2.45) is 11.8 Å². The molecule has 1 fully saturated rings. The Bertz CT molecular complexity index is 464. The van der Waals surface area contributed by atoms with Crippen LogP contribution in [0.5, 0.6) is 0 Å². The highest BCUT2D eigenvalue weighted by molar-refractivity contribution is 7.10. The predicted octanol–water partition coefficient (Wildman–Crippen LogP) is 3.60. The van der Waals surface area contributed by atoms with Crippen LogP contribution in [-0.4, -0.2) is 17.0 Å². The van der Waals surface area contributed by atoms with Crippen LogP contribution in [0.25, 0.3) is 0 Å². The number of carboxylic acid groups (broad SMARTS) is 1. The second kappa shape index (κ2) is 7.59. The summed E-state index contributed by atoms with van der Waals surface area (Å²) in [6, 6.07) is 4.17. The smallest absolute Gasteiger partial charge is 0.306 e. The molecule has 1 saturated carbocycles. The van der Waals surface area contributed by atoms with Crippen molar-refractivity contribution in [3.63, 3.8) is 0 Å². The molecule has 1 aliphatic carbocycles. The molecule has 5 heteroatoms. The first kappa shape index (κ1) is 16.0. The highest BCUT2D eigenvalue weighted by Gasteiger charge is 2.30. The normalized spacial score (nSPS) is 23.5. The van der Waals surface area contributed by atoms with E-state index in [-0.39, 0.29) is 23.8 Å². The minimum atomic E-state index is -0.726. The Morgan fingerprint density at radius 1 is 1.33 bits per heavy atom. The molecule has 4 nitrogen and oxygen atoms in total. The third-order valence-corrected chi connectivity index (χ3v) is 5.21. The maximum atomic E-state index is 12.4. The average molecular weight is 309 g/mol. The third kappa shape index (κ3) is 4.30. The fraction of sp³-hybridized carbons (Fsp3) is 0.625. The Labute approximate surface area is 129 Å². The van der Waals surface area contributed by atoms with E-state index in [0.29, 0.717) is 25.7 Å². The van der Waals surface area contributed by atoms with Crippen LogP contribution in [0.2, 0.25) is 0 Å². The average Bonchev–Trinajstić information content (AvgIpc) is 3.01. The van der Waals surface area contributed by atoms with Gasteiger partial charge in [-0.25, -0.2) is 0 Å². The number of carbonyl (C=O) groups excluding carboxylic acids is 1. The van der Waals surface area contributed by atoms with Gasteiger partial charge < -0.3 is 10.4 Å². The van der Waals surface area contributed by atoms with E-state index >= 15 is 0 Å². The van der Waals surface area contributed by atoms with Crippen molar-refractivity contribution in [2.45, 2.75) is 51.5 Å². The fourth-order valence-corrected chi connectivity index (χ4v) is 3.77. The minimum absolute atomic E-state index is 0.0279.